The maximum Gasteiger partial charge on any atom is 0.255 e. The molecule has 4 aromatic rings. The minimum Gasteiger partial charge on any atom is -0.325 e. The Morgan fingerprint density at radius 3 is 2.43 bits per heavy atom. The van der Waals surface area contributed by atoms with Crippen LogP contribution in [0.1, 0.15) is 10.4 Å². The lowest BCUT2D eigenvalue weighted by Gasteiger charge is -2.11. The molecule has 3 aromatic heterocycles. The summed E-state index contributed by atoms with van der Waals surface area (Å²) in [5.41, 5.74) is 3.04. The van der Waals surface area contributed by atoms with Crippen molar-refractivity contribution in [2.24, 2.45) is 0 Å². The molecule has 6 nitrogen and oxygen atoms in total. The fourth-order valence-electron chi connectivity index (χ4n) is 2.77. The molecule has 0 bridgehead atoms. The van der Waals surface area contributed by atoms with E-state index >= 15 is 0 Å². The van der Waals surface area contributed by atoms with Gasteiger partial charge >= 0.3 is 0 Å². The molecule has 0 radical (unpaired) electrons. The molecule has 1 amide bonds. The largest absolute Gasteiger partial charge is 0.325 e. The third-order valence-electron chi connectivity index (χ3n) is 4.10. The van der Waals surface area contributed by atoms with E-state index in [1.165, 1.54) is 0 Å². The Hall–Kier alpha value is -4.06. The zero-order chi connectivity index (χ0) is 19.2. The molecule has 2 N–H and O–H groups in total. The Bertz CT molecular complexity index is 1080. The van der Waals surface area contributed by atoms with Crippen molar-refractivity contribution in [1.82, 2.24) is 15.0 Å². The van der Waals surface area contributed by atoms with Gasteiger partial charge in [0.15, 0.2) is 0 Å². The summed E-state index contributed by atoms with van der Waals surface area (Å²) in [5.74, 6) is 0.962. The van der Waals surface area contributed by atoms with Gasteiger partial charge in [0.05, 0.1) is 11.9 Å². The Kier molecular flexibility index (Phi) is 5.02. The molecule has 0 fully saturated rings. The second-order valence-corrected chi connectivity index (χ2v) is 6.01. The summed E-state index contributed by atoms with van der Waals surface area (Å²) in [6, 6.07) is 20.6. The van der Waals surface area contributed by atoms with Crippen LogP contribution in [0.15, 0.2) is 91.5 Å². The third kappa shape index (κ3) is 4.02. The molecule has 0 aliphatic rings. The SMILES string of the molecule is O=C(Nc1cnccc1-c1ccccc1)c1ccnc(Nc2ccccn2)c1. The highest BCUT2D eigenvalue weighted by molar-refractivity contribution is 6.06. The summed E-state index contributed by atoms with van der Waals surface area (Å²) in [6.45, 7) is 0. The Morgan fingerprint density at radius 2 is 1.61 bits per heavy atom. The van der Waals surface area contributed by atoms with Crippen molar-refractivity contribution >= 4 is 23.2 Å². The molecule has 6 heteroatoms. The number of amides is 1. The quantitative estimate of drug-likeness (QED) is 0.541. The molecule has 0 saturated heterocycles. The fourth-order valence-corrected chi connectivity index (χ4v) is 2.77. The van der Waals surface area contributed by atoms with E-state index in [2.05, 4.69) is 25.6 Å². The molecule has 0 saturated carbocycles. The standard InChI is InChI=1S/C22H17N5O/c28-22(17-9-13-25-21(14-17)27-20-8-4-5-11-24-20)26-19-15-23-12-10-18(19)16-6-2-1-3-7-16/h1-15H,(H,26,28)(H,24,25,27). The van der Waals surface area contributed by atoms with Crippen LogP contribution in [0.25, 0.3) is 11.1 Å². The van der Waals surface area contributed by atoms with Crippen molar-refractivity contribution in [2.75, 3.05) is 10.6 Å². The average Bonchev–Trinajstić information content (AvgIpc) is 2.76. The van der Waals surface area contributed by atoms with Crippen LogP contribution in [0, 0.1) is 0 Å². The molecule has 4 rings (SSSR count). The number of hydrogen-bond acceptors (Lipinski definition) is 5. The second kappa shape index (κ2) is 8.09. The topological polar surface area (TPSA) is 79.8 Å². The van der Waals surface area contributed by atoms with Crippen molar-refractivity contribution < 1.29 is 4.79 Å². The van der Waals surface area contributed by atoms with Gasteiger partial charge in [0.1, 0.15) is 11.6 Å². The minimum absolute atomic E-state index is 0.239. The van der Waals surface area contributed by atoms with Gasteiger partial charge in [0.2, 0.25) is 0 Å². The summed E-state index contributed by atoms with van der Waals surface area (Å²) in [7, 11) is 0. The molecule has 0 atom stereocenters. The minimum atomic E-state index is -0.239. The van der Waals surface area contributed by atoms with Gasteiger partial charge in [-0.3, -0.25) is 9.78 Å². The number of benzene rings is 1. The van der Waals surface area contributed by atoms with E-state index < -0.39 is 0 Å². The normalized spacial score (nSPS) is 10.3. The first-order chi connectivity index (χ1) is 13.8. The van der Waals surface area contributed by atoms with Crippen molar-refractivity contribution in [3.05, 3.63) is 97.1 Å². The van der Waals surface area contributed by atoms with E-state index in [9.17, 15) is 4.79 Å². The van der Waals surface area contributed by atoms with Gasteiger partial charge in [0, 0.05) is 29.7 Å². The van der Waals surface area contributed by atoms with E-state index in [4.69, 9.17) is 0 Å². The maximum atomic E-state index is 12.8. The number of anilines is 3. The number of nitrogens with one attached hydrogen (secondary N) is 2. The first-order valence-corrected chi connectivity index (χ1v) is 8.74. The number of pyridine rings is 3. The van der Waals surface area contributed by atoms with Gasteiger partial charge < -0.3 is 10.6 Å². The number of carbonyl (C=O) groups excluding carboxylic acids is 1. The predicted octanol–water partition coefficient (Wildman–Crippen LogP) is 4.53. The van der Waals surface area contributed by atoms with Crippen molar-refractivity contribution in [1.29, 1.82) is 0 Å². The molecule has 3 heterocycles. The molecule has 0 spiro atoms. The van der Waals surface area contributed by atoms with E-state index in [1.807, 2.05) is 54.6 Å². The monoisotopic (exact) mass is 367 g/mol. The molecule has 0 aliphatic heterocycles. The highest BCUT2D eigenvalue weighted by Crippen LogP contribution is 2.27. The highest BCUT2D eigenvalue weighted by Gasteiger charge is 2.11. The van der Waals surface area contributed by atoms with Crippen molar-refractivity contribution in [2.45, 2.75) is 0 Å². The lowest BCUT2D eigenvalue weighted by atomic mass is 10.1. The number of rotatable bonds is 5. The number of aromatic nitrogens is 3. The van der Waals surface area contributed by atoms with Gasteiger partial charge in [-0.15, -0.1) is 0 Å². The van der Waals surface area contributed by atoms with Gasteiger partial charge in [-0.1, -0.05) is 36.4 Å². The van der Waals surface area contributed by atoms with Gasteiger partial charge in [-0.25, -0.2) is 9.97 Å². The van der Waals surface area contributed by atoms with Crippen LogP contribution < -0.4 is 10.6 Å². The van der Waals surface area contributed by atoms with Crippen LogP contribution in [0.4, 0.5) is 17.3 Å². The summed E-state index contributed by atoms with van der Waals surface area (Å²) in [6.07, 6.45) is 6.63. The van der Waals surface area contributed by atoms with E-state index in [1.54, 1.807) is 36.9 Å². The summed E-state index contributed by atoms with van der Waals surface area (Å²) in [4.78, 5) is 25.4. The lowest BCUT2D eigenvalue weighted by molar-refractivity contribution is 0.102. The summed E-state index contributed by atoms with van der Waals surface area (Å²) >= 11 is 0. The second-order valence-electron chi connectivity index (χ2n) is 6.01. The van der Waals surface area contributed by atoms with Crippen LogP contribution in [0.3, 0.4) is 0 Å². The molecule has 0 aliphatic carbocycles. The van der Waals surface area contributed by atoms with Crippen molar-refractivity contribution in [3.8, 4) is 11.1 Å². The number of carbonyl (C=O) groups is 1. The Labute approximate surface area is 162 Å². The van der Waals surface area contributed by atoms with E-state index in [0.717, 1.165) is 11.1 Å². The average molecular weight is 367 g/mol. The van der Waals surface area contributed by atoms with Crippen molar-refractivity contribution in [3.63, 3.8) is 0 Å². The van der Waals surface area contributed by atoms with Crippen LogP contribution in [0.5, 0.6) is 0 Å². The number of nitrogens with zero attached hydrogens (tertiary/aromatic N) is 3. The maximum absolute atomic E-state index is 12.8. The van der Waals surface area contributed by atoms with E-state index in [-0.39, 0.29) is 5.91 Å². The van der Waals surface area contributed by atoms with Crippen LogP contribution in [-0.4, -0.2) is 20.9 Å². The first kappa shape index (κ1) is 17.4. The zero-order valence-electron chi connectivity index (χ0n) is 14.9. The molecule has 0 unspecified atom stereocenters. The van der Waals surface area contributed by atoms with Crippen LogP contribution in [0.2, 0.25) is 0 Å². The zero-order valence-corrected chi connectivity index (χ0v) is 14.9. The lowest BCUT2D eigenvalue weighted by Crippen LogP contribution is -2.13. The Balaban J connectivity index is 1.56. The van der Waals surface area contributed by atoms with Crippen LogP contribution >= 0.6 is 0 Å². The molecule has 28 heavy (non-hydrogen) atoms. The van der Waals surface area contributed by atoms with Crippen LogP contribution in [-0.2, 0) is 0 Å². The molecule has 1 aromatic carbocycles. The van der Waals surface area contributed by atoms with Gasteiger partial charge in [-0.05, 0) is 35.9 Å². The highest BCUT2D eigenvalue weighted by atomic mass is 16.1. The van der Waals surface area contributed by atoms with Gasteiger partial charge in [0.25, 0.3) is 5.91 Å². The Morgan fingerprint density at radius 1 is 0.786 bits per heavy atom. The molecular formula is C22H17N5O. The fraction of sp³-hybridized carbons (Fsp3) is 0. The molecule has 136 valence electrons. The third-order valence-corrected chi connectivity index (χ3v) is 4.10. The van der Waals surface area contributed by atoms with E-state index in [0.29, 0.717) is 22.9 Å². The smallest absolute Gasteiger partial charge is 0.255 e. The summed E-state index contributed by atoms with van der Waals surface area (Å²) < 4.78 is 0. The van der Waals surface area contributed by atoms with Gasteiger partial charge in [-0.2, -0.15) is 0 Å². The first-order valence-electron chi connectivity index (χ1n) is 8.74. The predicted molar refractivity (Wildman–Crippen MR) is 109 cm³/mol. The number of hydrogen-bond donors (Lipinski definition) is 2. The summed E-state index contributed by atoms with van der Waals surface area (Å²) in [5, 5.41) is 6.03. The molecular weight excluding hydrogens is 350 g/mol.